The fraction of sp³-hybridized carbons (Fsp3) is 0.548. The van der Waals surface area contributed by atoms with E-state index in [1.54, 1.807) is 6.07 Å². The minimum Gasteiger partial charge on any atom is -0.204 e. The summed E-state index contributed by atoms with van der Waals surface area (Å²) in [5.74, 6) is 3.84. The molecular formula is C31H38F2. The number of rotatable bonds is 5. The predicted molar refractivity (Wildman–Crippen MR) is 133 cm³/mol. The Labute approximate surface area is 198 Å². The van der Waals surface area contributed by atoms with Gasteiger partial charge >= 0.3 is 0 Å². The summed E-state index contributed by atoms with van der Waals surface area (Å²) in [6.45, 7) is 3.96. The zero-order valence-electron chi connectivity index (χ0n) is 19.8. The summed E-state index contributed by atoms with van der Waals surface area (Å²) < 4.78 is 26.8. The first-order valence-corrected chi connectivity index (χ1v) is 13.3. The monoisotopic (exact) mass is 448 g/mol. The highest BCUT2D eigenvalue weighted by atomic mass is 19.2. The minimum atomic E-state index is -0.791. The topological polar surface area (TPSA) is 0 Å². The van der Waals surface area contributed by atoms with E-state index in [-0.39, 0.29) is 0 Å². The van der Waals surface area contributed by atoms with E-state index in [0.29, 0.717) is 5.92 Å². The maximum absolute atomic E-state index is 13.6. The smallest absolute Gasteiger partial charge is 0.159 e. The number of allylic oxidation sites excluding steroid dienone is 1. The molecule has 2 atom stereocenters. The third kappa shape index (κ3) is 5.10. The molecule has 0 bridgehead atoms. The molecule has 3 aliphatic rings. The van der Waals surface area contributed by atoms with Crippen LogP contribution in [0.3, 0.4) is 0 Å². The quantitative estimate of drug-likeness (QED) is 0.400. The molecule has 0 saturated heterocycles. The van der Waals surface area contributed by atoms with Crippen LogP contribution >= 0.6 is 0 Å². The van der Waals surface area contributed by atoms with Gasteiger partial charge in [-0.2, -0.15) is 0 Å². The molecule has 176 valence electrons. The highest BCUT2D eigenvalue weighted by Gasteiger charge is 2.38. The van der Waals surface area contributed by atoms with Crippen molar-refractivity contribution < 1.29 is 8.78 Å². The highest BCUT2D eigenvalue weighted by molar-refractivity contribution is 5.63. The van der Waals surface area contributed by atoms with Gasteiger partial charge < -0.3 is 0 Å². The van der Waals surface area contributed by atoms with Crippen molar-refractivity contribution in [2.75, 3.05) is 0 Å². The first kappa shape index (κ1) is 22.8. The first-order chi connectivity index (χ1) is 16.1. The van der Waals surface area contributed by atoms with Crippen LogP contribution in [-0.2, 0) is 0 Å². The van der Waals surface area contributed by atoms with E-state index in [2.05, 4.69) is 36.9 Å². The normalized spacial score (nSPS) is 32.2. The molecule has 0 amide bonds. The summed E-state index contributed by atoms with van der Waals surface area (Å²) >= 11 is 0. The Morgan fingerprint density at radius 3 is 1.79 bits per heavy atom. The summed E-state index contributed by atoms with van der Waals surface area (Å²) in [7, 11) is 0. The van der Waals surface area contributed by atoms with Crippen molar-refractivity contribution in [3.05, 3.63) is 72.3 Å². The number of hydrogen-bond acceptors (Lipinski definition) is 0. The van der Waals surface area contributed by atoms with Crippen LogP contribution in [0.15, 0.2) is 55.1 Å². The predicted octanol–water partition coefficient (Wildman–Crippen LogP) is 9.31. The maximum Gasteiger partial charge on any atom is 0.159 e. The summed E-state index contributed by atoms with van der Waals surface area (Å²) in [5.41, 5.74) is 3.09. The lowest BCUT2D eigenvalue weighted by Gasteiger charge is -2.34. The molecule has 5 rings (SSSR count). The van der Waals surface area contributed by atoms with Crippen molar-refractivity contribution in [2.24, 2.45) is 29.6 Å². The van der Waals surface area contributed by atoms with Crippen molar-refractivity contribution >= 4 is 0 Å². The van der Waals surface area contributed by atoms with Gasteiger partial charge in [-0.3, -0.25) is 0 Å². The lowest BCUT2D eigenvalue weighted by molar-refractivity contribution is 0.209. The van der Waals surface area contributed by atoms with Gasteiger partial charge in [-0.25, -0.2) is 8.78 Å². The Morgan fingerprint density at radius 2 is 1.21 bits per heavy atom. The molecule has 3 aliphatic carbocycles. The molecule has 2 heteroatoms. The summed E-state index contributed by atoms with van der Waals surface area (Å²) in [4.78, 5) is 0. The Bertz CT molecular complexity index is 922. The fourth-order valence-corrected chi connectivity index (χ4v) is 7.49. The van der Waals surface area contributed by atoms with Crippen LogP contribution < -0.4 is 0 Å². The van der Waals surface area contributed by atoms with Gasteiger partial charge in [-0.05, 0) is 135 Å². The average molecular weight is 449 g/mol. The molecule has 0 heterocycles. The molecule has 0 spiro atoms. The van der Waals surface area contributed by atoms with E-state index in [4.69, 9.17) is 0 Å². The molecule has 0 nitrogen and oxygen atoms in total. The van der Waals surface area contributed by atoms with Gasteiger partial charge in [0.15, 0.2) is 11.6 Å². The van der Waals surface area contributed by atoms with E-state index in [1.807, 2.05) is 0 Å². The molecule has 0 aliphatic heterocycles. The lowest BCUT2D eigenvalue weighted by atomic mass is 9.71. The van der Waals surface area contributed by atoms with Crippen molar-refractivity contribution in [1.82, 2.24) is 0 Å². The van der Waals surface area contributed by atoms with Crippen LogP contribution in [-0.4, -0.2) is 0 Å². The number of halogens is 2. The van der Waals surface area contributed by atoms with Crippen molar-refractivity contribution in [3.63, 3.8) is 0 Å². The van der Waals surface area contributed by atoms with Crippen LogP contribution in [0.4, 0.5) is 8.78 Å². The number of hydrogen-bond donors (Lipinski definition) is 0. The summed E-state index contributed by atoms with van der Waals surface area (Å²) in [6, 6.07) is 12.7. The molecule has 2 aromatic rings. The summed E-state index contributed by atoms with van der Waals surface area (Å²) in [5, 5.41) is 0. The van der Waals surface area contributed by atoms with Gasteiger partial charge in [-0.1, -0.05) is 36.4 Å². The highest BCUT2D eigenvalue weighted by Crippen LogP contribution is 2.49. The lowest BCUT2D eigenvalue weighted by Crippen LogP contribution is -2.21. The molecule has 3 fully saturated rings. The van der Waals surface area contributed by atoms with E-state index < -0.39 is 11.6 Å². The van der Waals surface area contributed by atoms with Gasteiger partial charge in [0.05, 0.1) is 0 Å². The molecule has 3 saturated carbocycles. The third-order valence-electron chi connectivity index (χ3n) is 9.33. The molecule has 2 aromatic carbocycles. The number of fused-ring (bicyclic) bond motifs is 1. The second-order valence-electron chi connectivity index (χ2n) is 11.2. The Hall–Kier alpha value is -1.96. The second-order valence-corrected chi connectivity index (χ2v) is 11.2. The SMILES string of the molecule is C=CCC1CC2CCC(C3CCC(c4ccc(-c5ccc(F)c(F)c5)cc4)CC3)CCC2C1. The zero-order valence-corrected chi connectivity index (χ0v) is 19.8. The summed E-state index contributed by atoms with van der Waals surface area (Å²) in [6.07, 6.45) is 17.4. The van der Waals surface area contributed by atoms with Crippen LogP contribution in [0.2, 0.25) is 0 Å². The maximum atomic E-state index is 13.6. The molecule has 0 aromatic heterocycles. The van der Waals surface area contributed by atoms with Crippen LogP contribution in [0.5, 0.6) is 0 Å². The van der Waals surface area contributed by atoms with Crippen molar-refractivity contribution in [3.8, 4) is 11.1 Å². The van der Waals surface area contributed by atoms with Crippen LogP contribution in [0.1, 0.15) is 82.1 Å². The second kappa shape index (κ2) is 10.1. The fourth-order valence-electron chi connectivity index (χ4n) is 7.49. The van der Waals surface area contributed by atoms with Crippen molar-refractivity contribution in [2.45, 2.75) is 76.5 Å². The average Bonchev–Trinajstić information content (AvgIpc) is 3.12. The van der Waals surface area contributed by atoms with E-state index in [9.17, 15) is 8.78 Å². The molecule has 33 heavy (non-hydrogen) atoms. The van der Waals surface area contributed by atoms with Gasteiger partial charge in [-0.15, -0.1) is 6.58 Å². The molecule has 0 N–H and O–H groups in total. The zero-order chi connectivity index (χ0) is 22.8. The van der Waals surface area contributed by atoms with E-state index in [0.717, 1.165) is 40.7 Å². The van der Waals surface area contributed by atoms with Gasteiger partial charge in [0, 0.05) is 0 Å². The molecule has 0 radical (unpaired) electrons. The largest absolute Gasteiger partial charge is 0.204 e. The molecular weight excluding hydrogens is 410 g/mol. The molecule has 2 unspecified atom stereocenters. The van der Waals surface area contributed by atoms with Gasteiger partial charge in [0.25, 0.3) is 0 Å². The first-order valence-electron chi connectivity index (χ1n) is 13.3. The van der Waals surface area contributed by atoms with E-state index in [1.165, 1.54) is 88.3 Å². The van der Waals surface area contributed by atoms with Crippen LogP contribution in [0, 0.1) is 41.2 Å². The van der Waals surface area contributed by atoms with E-state index >= 15 is 0 Å². The standard InChI is InChI=1S/C31H38F2/c1-2-3-21-18-27-14-12-25(13-15-28(27)19-21)23-6-4-22(5-7-23)24-8-10-26(11-9-24)29-16-17-30(32)31(33)20-29/h2,8-11,16-17,20-23,25,27-28H,1,3-7,12-15,18-19H2. The Morgan fingerprint density at radius 1 is 0.667 bits per heavy atom. The number of benzene rings is 2. The third-order valence-corrected chi connectivity index (χ3v) is 9.33. The Kier molecular flexibility index (Phi) is 6.99. The van der Waals surface area contributed by atoms with Crippen LogP contribution in [0.25, 0.3) is 11.1 Å². The minimum absolute atomic E-state index is 0.644. The van der Waals surface area contributed by atoms with Gasteiger partial charge in [0.2, 0.25) is 0 Å². The Balaban J connectivity index is 1.14. The van der Waals surface area contributed by atoms with Crippen molar-refractivity contribution in [1.29, 1.82) is 0 Å². The van der Waals surface area contributed by atoms with Gasteiger partial charge in [0.1, 0.15) is 0 Å².